The number of unbranched alkanes of at least 4 members (excludes halogenated alkanes) is 5. The summed E-state index contributed by atoms with van der Waals surface area (Å²) in [5.74, 6) is 0.948. The van der Waals surface area contributed by atoms with Crippen LogP contribution in [-0.2, 0) is 9.47 Å². The lowest BCUT2D eigenvalue weighted by molar-refractivity contribution is -0.241. The van der Waals surface area contributed by atoms with E-state index < -0.39 is 5.79 Å². The summed E-state index contributed by atoms with van der Waals surface area (Å²) in [4.78, 5) is 0. The molecule has 0 saturated heterocycles. The Morgan fingerprint density at radius 3 is 2.05 bits per heavy atom. The van der Waals surface area contributed by atoms with Crippen LogP contribution in [0.2, 0.25) is 0 Å². The predicted octanol–water partition coefficient (Wildman–Crippen LogP) is 5.94. The van der Waals surface area contributed by atoms with Crippen LogP contribution < -0.4 is 0 Å². The summed E-state index contributed by atoms with van der Waals surface area (Å²) in [5.41, 5.74) is 0. The molecule has 2 heteroatoms. The van der Waals surface area contributed by atoms with Crippen LogP contribution in [0.5, 0.6) is 0 Å². The van der Waals surface area contributed by atoms with E-state index in [0.717, 1.165) is 5.92 Å². The van der Waals surface area contributed by atoms with Crippen molar-refractivity contribution in [3.63, 3.8) is 0 Å². The van der Waals surface area contributed by atoms with Gasteiger partial charge >= 0.3 is 0 Å². The van der Waals surface area contributed by atoms with Crippen LogP contribution in [0.15, 0.2) is 0 Å². The van der Waals surface area contributed by atoms with Gasteiger partial charge in [-0.15, -0.1) is 0 Å². The maximum absolute atomic E-state index is 5.78. The fraction of sp³-hybridized carbons (Fsp3) is 1.00. The van der Waals surface area contributed by atoms with E-state index in [0.29, 0.717) is 5.92 Å². The summed E-state index contributed by atoms with van der Waals surface area (Å²) < 4.78 is 11.6. The Kier molecular flexibility index (Phi) is 9.59. The molecule has 1 saturated carbocycles. The van der Waals surface area contributed by atoms with Gasteiger partial charge in [0.05, 0.1) is 0 Å². The van der Waals surface area contributed by atoms with Crippen molar-refractivity contribution in [3.8, 4) is 0 Å². The lowest BCUT2D eigenvalue weighted by Gasteiger charge is -2.41. The number of methoxy groups -OCH3 is 2. The van der Waals surface area contributed by atoms with Crippen LogP contribution in [-0.4, -0.2) is 20.0 Å². The van der Waals surface area contributed by atoms with Crippen LogP contribution in [0.25, 0.3) is 0 Å². The van der Waals surface area contributed by atoms with E-state index in [1.807, 2.05) is 0 Å². The van der Waals surface area contributed by atoms with E-state index in [9.17, 15) is 0 Å². The topological polar surface area (TPSA) is 18.5 Å². The Bertz CT molecular complexity index is 242. The maximum Gasteiger partial charge on any atom is 0.167 e. The third-order valence-electron chi connectivity index (χ3n) is 5.57. The second-order valence-electron chi connectivity index (χ2n) is 6.99. The number of hydrogen-bond donors (Lipinski definition) is 0. The van der Waals surface area contributed by atoms with Crippen molar-refractivity contribution in [2.24, 2.45) is 11.8 Å². The minimum Gasteiger partial charge on any atom is -0.353 e. The molecule has 0 spiro atoms. The summed E-state index contributed by atoms with van der Waals surface area (Å²) in [6.07, 6.45) is 16.4. The third kappa shape index (κ3) is 6.28. The van der Waals surface area contributed by atoms with Gasteiger partial charge in [0, 0.05) is 20.1 Å². The molecule has 0 amide bonds. The van der Waals surface area contributed by atoms with Crippen LogP contribution >= 0.6 is 0 Å². The normalized spacial score (nSPS) is 18.9. The Hall–Kier alpha value is -0.0800. The zero-order chi connectivity index (χ0) is 15.6. The minimum atomic E-state index is -0.397. The van der Waals surface area contributed by atoms with Gasteiger partial charge in [-0.05, 0) is 32.1 Å². The quantitative estimate of drug-likeness (QED) is 0.347. The smallest absolute Gasteiger partial charge is 0.167 e. The van der Waals surface area contributed by atoms with Gasteiger partial charge in [-0.1, -0.05) is 64.7 Å². The Labute approximate surface area is 133 Å². The first kappa shape index (κ1) is 19.0. The van der Waals surface area contributed by atoms with E-state index in [1.165, 1.54) is 77.0 Å². The van der Waals surface area contributed by atoms with E-state index >= 15 is 0 Å². The first-order chi connectivity index (χ1) is 10.2. The van der Waals surface area contributed by atoms with Gasteiger partial charge in [0.15, 0.2) is 5.79 Å². The summed E-state index contributed by atoms with van der Waals surface area (Å²) in [6, 6.07) is 0. The summed E-state index contributed by atoms with van der Waals surface area (Å²) in [7, 11) is 3.61. The van der Waals surface area contributed by atoms with Crippen molar-refractivity contribution in [2.45, 2.75) is 96.7 Å². The van der Waals surface area contributed by atoms with Crippen molar-refractivity contribution < 1.29 is 9.47 Å². The monoisotopic (exact) mass is 298 g/mol. The number of hydrogen-bond acceptors (Lipinski definition) is 2. The van der Waals surface area contributed by atoms with Crippen LogP contribution in [0.3, 0.4) is 0 Å². The maximum atomic E-state index is 5.78. The van der Waals surface area contributed by atoms with Crippen LogP contribution in [0, 0.1) is 11.8 Å². The summed E-state index contributed by atoms with van der Waals surface area (Å²) in [5, 5.41) is 0. The van der Waals surface area contributed by atoms with Crippen LogP contribution in [0.1, 0.15) is 90.9 Å². The molecule has 0 heterocycles. The molecule has 1 rings (SSSR count). The van der Waals surface area contributed by atoms with E-state index in [4.69, 9.17) is 9.47 Å². The van der Waals surface area contributed by atoms with Crippen molar-refractivity contribution >= 4 is 0 Å². The van der Waals surface area contributed by atoms with E-state index in [2.05, 4.69) is 13.8 Å². The lowest BCUT2D eigenvalue weighted by atomic mass is 9.74. The van der Waals surface area contributed by atoms with Crippen molar-refractivity contribution in [3.05, 3.63) is 0 Å². The Morgan fingerprint density at radius 2 is 1.48 bits per heavy atom. The average Bonchev–Trinajstić information content (AvgIpc) is 2.54. The zero-order valence-electron chi connectivity index (χ0n) is 15.0. The highest BCUT2D eigenvalue weighted by atomic mass is 16.7. The number of rotatable bonds is 11. The molecule has 126 valence electrons. The minimum absolute atomic E-state index is 0.397. The van der Waals surface area contributed by atoms with Gasteiger partial charge < -0.3 is 9.47 Å². The van der Waals surface area contributed by atoms with E-state index in [1.54, 1.807) is 14.2 Å². The Morgan fingerprint density at radius 1 is 0.905 bits per heavy atom. The molecule has 0 aromatic carbocycles. The van der Waals surface area contributed by atoms with Crippen molar-refractivity contribution in [2.75, 3.05) is 14.2 Å². The molecular formula is C19H38O2. The zero-order valence-corrected chi connectivity index (χ0v) is 15.0. The van der Waals surface area contributed by atoms with Gasteiger partial charge in [0.1, 0.15) is 0 Å². The molecule has 1 atom stereocenters. The molecule has 1 aliphatic rings. The average molecular weight is 299 g/mol. The molecule has 0 aromatic rings. The first-order valence-electron chi connectivity index (χ1n) is 9.28. The molecule has 0 aromatic heterocycles. The molecule has 0 N–H and O–H groups in total. The Balaban J connectivity index is 2.47. The number of ether oxygens (including phenoxy) is 2. The molecule has 0 radical (unpaired) electrons. The molecule has 1 aliphatic carbocycles. The molecule has 0 aliphatic heterocycles. The summed E-state index contributed by atoms with van der Waals surface area (Å²) in [6.45, 7) is 4.42. The van der Waals surface area contributed by atoms with Crippen LogP contribution in [0.4, 0.5) is 0 Å². The second kappa shape index (κ2) is 10.6. The van der Waals surface area contributed by atoms with E-state index in [-0.39, 0.29) is 0 Å². The first-order valence-corrected chi connectivity index (χ1v) is 9.28. The fourth-order valence-corrected chi connectivity index (χ4v) is 3.99. The molecule has 21 heavy (non-hydrogen) atoms. The van der Waals surface area contributed by atoms with Crippen molar-refractivity contribution in [1.82, 2.24) is 0 Å². The standard InChI is InChI=1S/C19H38O2/c1-5-6-7-8-9-13-16-18(19(2,20-3)21-4)17-14-11-10-12-15-17/h17-18H,5-16H2,1-4H3. The highest BCUT2D eigenvalue weighted by Crippen LogP contribution is 2.40. The van der Waals surface area contributed by atoms with Crippen molar-refractivity contribution in [1.29, 1.82) is 0 Å². The van der Waals surface area contributed by atoms with Gasteiger partial charge in [-0.3, -0.25) is 0 Å². The largest absolute Gasteiger partial charge is 0.353 e. The lowest BCUT2D eigenvalue weighted by Crippen LogP contribution is -2.43. The molecule has 1 unspecified atom stereocenters. The molecule has 2 nitrogen and oxygen atoms in total. The summed E-state index contributed by atoms with van der Waals surface area (Å²) >= 11 is 0. The third-order valence-corrected chi connectivity index (χ3v) is 5.57. The second-order valence-corrected chi connectivity index (χ2v) is 6.99. The highest BCUT2D eigenvalue weighted by Gasteiger charge is 2.39. The fourth-order valence-electron chi connectivity index (χ4n) is 3.99. The molecule has 0 bridgehead atoms. The van der Waals surface area contributed by atoms with Gasteiger partial charge in [-0.2, -0.15) is 0 Å². The highest BCUT2D eigenvalue weighted by molar-refractivity contribution is 4.83. The SMILES string of the molecule is CCCCCCCCC(C1CCCCC1)C(C)(OC)OC. The molecule has 1 fully saturated rings. The predicted molar refractivity (Wildman–Crippen MR) is 90.5 cm³/mol. The van der Waals surface area contributed by atoms with Gasteiger partial charge in [0.25, 0.3) is 0 Å². The van der Waals surface area contributed by atoms with Gasteiger partial charge in [-0.25, -0.2) is 0 Å². The van der Waals surface area contributed by atoms with Gasteiger partial charge in [0.2, 0.25) is 0 Å². The molecular weight excluding hydrogens is 260 g/mol.